The summed E-state index contributed by atoms with van der Waals surface area (Å²) in [5, 5.41) is 0. The maximum Gasteiger partial charge on any atom is 0.144 e. The molecule has 0 bridgehead atoms. The predicted octanol–water partition coefficient (Wildman–Crippen LogP) is 4.35. The summed E-state index contributed by atoms with van der Waals surface area (Å²) in [4.78, 5) is 2.15. The Morgan fingerprint density at radius 2 is 2.06 bits per heavy atom. The van der Waals surface area contributed by atoms with Gasteiger partial charge in [-0.3, -0.25) is 4.90 Å². The number of benzene rings is 1. The van der Waals surface area contributed by atoms with Crippen LogP contribution in [0.25, 0.3) is 0 Å². The molecule has 0 spiro atoms. The minimum Gasteiger partial charge on any atom is -0.299 e. The van der Waals surface area contributed by atoms with Crippen LogP contribution in [0, 0.1) is 17.6 Å². The molecule has 1 unspecified atom stereocenters. The lowest BCUT2D eigenvalue weighted by Crippen LogP contribution is -2.25. The van der Waals surface area contributed by atoms with Gasteiger partial charge in [0.1, 0.15) is 11.6 Å². The molecule has 0 aliphatic carbocycles. The third kappa shape index (κ3) is 3.29. The van der Waals surface area contributed by atoms with Crippen molar-refractivity contribution in [3.63, 3.8) is 0 Å². The zero-order valence-corrected chi connectivity index (χ0v) is 12.1. The van der Waals surface area contributed by atoms with Gasteiger partial charge in [0.05, 0.1) is 4.47 Å². The Bertz CT molecular complexity index is 423. The van der Waals surface area contributed by atoms with E-state index in [1.165, 1.54) is 18.6 Å². The van der Waals surface area contributed by atoms with Gasteiger partial charge in [-0.2, -0.15) is 0 Å². The van der Waals surface area contributed by atoms with E-state index in [1.807, 2.05) is 0 Å². The Balaban J connectivity index is 2.11. The quantitative estimate of drug-likeness (QED) is 0.733. The molecule has 100 valence electrons. The van der Waals surface area contributed by atoms with Crippen LogP contribution < -0.4 is 0 Å². The Kier molecular flexibility index (Phi) is 4.73. The molecule has 1 aromatic rings. The van der Waals surface area contributed by atoms with Crippen molar-refractivity contribution < 1.29 is 8.78 Å². The lowest BCUT2D eigenvalue weighted by atomic mass is 10.0. The fraction of sp³-hybridized carbons (Fsp3) is 0.571. The minimum atomic E-state index is -0.465. The second kappa shape index (κ2) is 6.11. The summed E-state index contributed by atoms with van der Waals surface area (Å²) in [6.07, 6.45) is 3.43. The SMILES string of the molecule is CC1CCCN(Cc2c(F)ccc(Br)c2F)CC1. The van der Waals surface area contributed by atoms with Gasteiger partial charge in [-0.15, -0.1) is 0 Å². The van der Waals surface area contributed by atoms with Crippen LogP contribution in [0.15, 0.2) is 16.6 Å². The van der Waals surface area contributed by atoms with Gasteiger partial charge in [0, 0.05) is 12.1 Å². The molecular formula is C14H18BrF2N. The van der Waals surface area contributed by atoms with E-state index < -0.39 is 11.6 Å². The Morgan fingerprint density at radius 1 is 1.28 bits per heavy atom. The number of halogens is 3. The maximum absolute atomic E-state index is 13.9. The standard InChI is InChI=1S/C14H18BrF2N/c1-10-3-2-7-18(8-6-10)9-11-13(16)5-4-12(15)14(11)17/h4-5,10H,2-3,6-9H2,1H3. The third-order valence-electron chi connectivity index (χ3n) is 3.63. The molecule has 0 saturated carbocycles. The number of nitrogens with zero attached hydrogens (tertiary/aromatic N) is 1. The van der Waals surface area contributed by atoms with Crippen molar-refractivity contribution >= 4 is 15.9 Å². The number of likely N-dealkylation sites (tertiary alicyclic amines) is 1. The van der Waals surface area contributed by atoms with Crippen LogP contribution in [0.2, 0.25) is 0 Å². The van der Waals surface area contributed by atoms with Crippen LogP contribution in [-0.4, -0.2) is 18.0 Å². The summed E-state index contributed by atoms with van der Waals surface area (Å²) in [5.41, 5.74) is 0.180. The van der Waals surface area contributed by atoms with E-state index in [-0.39, 0.29) is 5.56 Å². The van der Waals surface area contributed by atoms with Gasteiger partial charge in [0.15, 0.2) is 0 Å². The second-order valence-corrected chi connectivity index (χ2v) is 5.99. The molecule has 0 amide bonds. The highest BCUT2D eigenvalue weighted by Crippen LogP contribution is 2.24. The van der Waals surface area contributed by atoms with Crippen LogP contribution in [0.5, 0.6) is 0 Å². The first kappa shape index (κ1) is 13.9. The zero-order valence-electron chi connectivity index (χ0n) is 10.6. The molecule has 0 radical (unpaired) electrons. The Hall–Kier alpha value is -0.480. The molecule has 0 aromatic heterocycles. The molecule has 1 aliphatic heterocycles. The number of rotatable bonds is 2. The molecule has 1 fully saturated rings. The highest BCUT2D eigenvalue weighted by atomic mass is 79.9. The molecule has 1 nitrogen and oxygen atoms in total. The summed E-state index contributed by atoms with van der Waals surface area (Å²) < 4.78 is 27.9. The number of hydrogen-bond donors (Lipinski definition) is 0. The van der Waals surface area contributed by atoms with Crippen LogP contribution in [-0.2, 0) is 6.54 Å². The van der Waals surface area contributed by atoms with Gasteiger partial charge >= 0.3 is 0 Å². The second-order valence-electron chi connectivity index (χ2n) is 5.13. The predicted molar refractivity (Wildman–Crippen MR) is 72.4 cm³/mol. The van der Waals surface area contributed by atoms with Crippen LogP contribution >= 0.6 is 15.9 Å². The molecule has 1 heterocycles. The molecule has 2 rings (SSSR count). The first-order valence-corrected chi connectivity index (χ1v) is 7.22. The van der Waals surface area contributed by atoms with Crippen molar-refractivity contribution in [2.75, 3.05) is 13.1 Å². The topological polar surface area (TPSA) is 3.24 Å². The highest BCUT2D eigenvalue weighted by Gasteiger charge is 2.18. The van der Waals surface area contributed by atoms with E-state index in [4.69, 9.17) is 0 Å². The van der Waals surface area contributed by atoms with E-state index in [0.717, 1.165) is 25.9 Å². The molecule has 1 aromatic carbocycles. The molecule has 1 atom stereocenters. The van der Waals surface area contributed by atoms with Crippen molar-refractivity contribution in [1.82, 2.24) is 4.90 Å². The van der Waals surface area contributed by atoms with E-state index in [9.17, 15) is 8.78 Å². The van der Waals surface area contributed by atoms with Crippen LogP contribution in [0.3, 0.4) is 0 Å². The summed E-state index contributed by atoms with van der Waals surface area (Å²) in [6, 6.07) is 2.74. The van der Waals surface area contributed by atoms with E-state index >= 15 is 0 Å². The molecular weight excluding hydrogens is 300 g/mol. The summed E-state index contributed by atoms with van der Waals surface area (Å²) in [6.45, 7) is 4.45. The van der Waals surface area contributed by atoms with Gasteiger partial charge in [-0.1, -0.05) is 6.92 Å². The average molecular weight is 318 g/mol. The first-order valence-electron chi connectivity index (χ1n) is 6.42. The van der Waals surface area contributed by atoms with E-state index in [0.29, 0.717) is 16.9 Å². The Labute approximate surface area is 115 Å². The third-order valence-corrected chi connectivity index (χ3v) is 4.24. The average Bonchev–Trinajstić information content (AvgIpc) is 2.55. The molecule has 1 aliphatic rings. The fourth-order valence-corrected chi connectivity index (χ4v) is 2.79. The fourth-order valence-electron chi connectivity index (χ4n) is 2.42. The molecule has 4 heteroatoms. The maximum atomic E-state index is 13.9. The summed E-state index contributed by atoms with van der Waals surface area (Å²) >= 11 is 3.11. The van der Waals surface area contributed by atoms with Gasteiger partial charge in [0.2, 0.25) is 0 Å². The number of hydrogen-bond acceptors (Lipinski definition) is 1. The molecule has 1 saturated heterocycles. The van der Waals surface area contributed by atoms with Gasteiger partial charge < -0.3 is 0 Å². The lowest BCUT2D eigenvalue weighted by Gasteiger charge is -2.20. The smallest absolute Gasteiger partial charge is 0.144 e. The van der Waals surface area contributed by atoms with E-state index in [1.54, 1.807) is 0 Å². The molecule has 0 N–H and O–H groups in total. The first-order chi connectivity index (χ1) is 8.58. The monoisotopic (exact) mass is 317 g/mol. The summed E-state index contributed by atoms with van der Waals surface area (Å²) in [5.74, 6) is -0.201. The lowest BCUT2D eigenvalue weighted by molar-refractivity contribution is 0.265. The van der Waals surface area contributed by atoms with Crippen molar-refractivity contribution in [3.8, 4) is 0 Å². The highest BCUT2D eigenvalue weighted by molar-refractivity contribution is 9.10. The van der Waals surface area contributed by atoms with Gasteiger partial charge in [0.25, 0.3) is 0 Å². The van der Waals surface area contributed by atoms with Crippen molar-refractivity contribution in [2.45, 2.75) is 32.7 Å². The van der Waals surface area contributed by atoms with Crippen molar-refractivity contribution in [3.05, 3.63) is 33.8 Å². The largest absolute Gasteiger partial charge is 0.299 e. The zero-order chi connectivity index (χ0) is 13.1. The Morgan fingerprint density at radius 3 is 2.83 bits per heavy atom. The summed E-state index contributed by atoms with van der Waals surface area (Å²) in [7, 11) is 0. The van der Waals surface area contributed by atoms with Crippen molar-refractivity contribution in [2.24, 2.45) is 5.92 Å². The van der Waals surface area contributed by atoms with E-state index in [2.05, 4.69) is 27.8 Å². The van der Waals surface area contributed by atoms with Gasteiger partial charge in [-0.25, -0.2) is 8.78 Å². The minimum absolute atomic E-state index is 0.180. The van der Waals surface area contributed by atoms with Gasteiger partial charge in [-0.05, 0) is 66.3 Å². The van der Waals surface area contributed by atoms with Crippen LogP contribution in [0.1, 0.15) is 31.7 Å². The molecule has 18 heavy (non-hydrogen) atoms. The normalized spacial score (nSPS) is 21.9. The van der Waals surface area contributed by atoms with Crippen molar-refractivity contribution in [1.29, 1.82) is 0 Å². The van der Waals surface area contributed by atoms with Crippen LogP contribution in [0.4, 0.5) is 8.78 Å².